The minimum absolute atomic E-state index is 0.0237. The second-order valence-corrected chi connectivity index (χ2v) is 10.2. The van der Waals surface area contributed by atoms with Gasteiger partial charge in [-0.1, -0.05) is 18.2 Å². The first-order valence-electron chi connectivity index (χ1n) is 13.4. The molecule has 39 heavy (non-hydrogen) atoms. The summed E-state index contributed by atoms with van der Waals surface area (Å²) in [7, 11) is 0. The molecule has 1 saturated heterocycles. The Hall–Kier alpha value is -4.18. The number of benzene rings is 1. The number of nitrogens with one attached hydrogen (secondary N) is 1. The maximum absolute atomic E-state index is 13.5. The van der Waals surface area contributed by atoms with Crippen LogP contribution >= 0.6 is 0 Å². The predicted octanol–water partition coefficient (Wildman–Crippen LogP) is 3.84. The van der Waals surface area contributed by atoms with E-state index in [4.69, 9.17) is 4.98 Å². The third-order valence-corrected chi connectivity index (χ3v) is 7.53. The molecule has 5 heterocycles. The van der Waals surface area contributed by atoms with Gasteiger partial charge >= 0.3 is 0 Å². The lowest BCUT2D eigenvalue weighted by Gasteiger charge is -2.21. The molecule has 200 valence electrons. The Labute approximate surface area is 225 Å². The molecule has 5 aromatic rings. The van der Waals surface area contributed by atoms with E-state index >= 15 is 0 Å². The van der Waals surface area contributed by atoms with E-state index in [-0.39, 0.29) is 17.4 Å². The lowest BCUT2D eigenvalue weighted by Crippen LogP contribution is -2.31. The third-order valence-electron chi connectivity index (χ3n) is 7.53. The highest BCUT2D eigenvalue weighted by atomic mass is 19.1. The number of fused-ring (bicyclic) bond motifs is 2. The van der Waals surface area contributed by atoms with Gasteiger partial charge in [0.05, 0.1) is 12.7 Å². The van der Waals surface area contributed by atoms with E-state index in [1.165, 1.54) is 18.5 Å². The van der Waals surface area contributed by atoms with Gasteiger partial charge in [0.25, 0.3) is 5.56 Å². The number of pyridine rings is 1. The molecule has 0 aliphatic carbocycles. The number of imidazole rings is 1. The molecular weight excluding hydrogens is 495 g/mol. The standard InChI is InChI=1S/C29H31FN8O/c1-20-24(28(39)37-14-3-2-6-26(37)33-20)12-16-36-13-4-5-23(11-15-36)34-29-35-25-17-31-19-32-27(25)38(29)18-21-7-9-22(30)10-8-21/h2-3,6-10,14,17,19,23H,4-5,11-13,15-16,18H2,1H3,(H,34,35). The van der Waals surface area contributed by atoms with Gasteiger partial charge in [0.1, 0.15) is 23.3 Å². The summed E-state index contributed by atoms with van der Waals surface area (Å²) in [5.74, 6) is 0.495. The minimum atomic E-state index is -0.254. The zero-order valence-electron chi connectivity index (χ0n) is 21.9. The van der Waals surface area contributed by atoms with Crippen molar-refractivity contribution in [3.05, 3.63) is 94.2 Å². The van der Waals surface area contributed by atoms with E-state index in [0.29, 0.717) is 18.6 Å². The molecule has 1 fully saturated rings. The monoisotopic (exact) mass is 526 g/mol. The molecule has 0 saturated carbocycles. The molecule has 1 aromatic carbocycles. The van der Waals surface area contributed by atoms with Crippen molar-refractivity contribution >= 4 is 22.8 Å². The quantitative estimate of drug-likeness (QED) is 0.344. The molecule has 9 nitrogen and oxygen atoms in total. The molecule has 0 bridgehead atoms. The Kier molecular flexibility index (Phi) is 7.02. The molecule has 0 spiro atoms. The van der Waals surface area contributed by atoms with Crippen molar-refractivity contribution in [3.63, 3.8) is 0 Å². The van der Waals surface area contributed by atoms with Gasteiger partial charge in [0, 0.05) is 36.6 Å². The number of rotatable bonds is 7. The summed E-state index contributed by atoms with van der Waals surface area (Å²) in [6, 6.07) is 12.4. The number of nitrogens with zero attached hydrogens (tertiary/aromatic N) is 7. The topological polar surface area (TPSA) is 93.2 Å². The second-order valence-electron chi connectivity index (χ2n) is 10.2. The van der Waals surface area contributed by atoms with Crippen LogP contribution in [0.5, 0.6) is 0 Å². The Morgan fingerprint density at radius 2 is 1.95 bits per heavy atom. The number of hydrogen-bond acceptors (Lipinski definition) is 7. The van der Waals surface area contributed by atoms with E-state index in [9.17, 15) is 9.18 Å². The van der Waals surface area contributed by atoms with Crippen LogP contribution in [0.25, 0.3) is 16.8 Å². The molecule has 4 aromatic heterocycles. The number of aromatic nitrogens is 6. The third kappa shape index (κ3) is 5.37. The van der Waals surface area contributed by atoms with Crippen molar-refractivity contribution in [2.24, 2.45) is 0 Å². The van der Waals surface area contributed by atoms with E-state index in [1.54, 1.807) is 28.9 Å². The van der Waals surface area contributed by atoms with Crippen molar-refractivity contribution in [1.29, 1.82) is 0 Å². The van der Waals surface area contributed by atoms with E-state index in [0.717, 1.165) is 72.8 Å². The normalized spacial score (nSPS) is 16.5. The van der Waals surface area contributed by atoms with Gasteiger partial charge in [-0.05, 0) is 69.0 Å². The highest BCUT2D eigenvalue weighted by molar-refractivity contribution is 5.73. The predicted molar refractivity (Wildman–Crippen MR) is 148 cm³/mol. The van der Waals surface area contributed by atoms with Crippen molar-refractivity contribution < 1.29 is 4.39 Å². The van der Waals surface area contributed by atoms with E-state index < -0.39 is 0 Å². The fourth-order valence-corrected chi connectivity index (χ4v) is 5.41. The van der Waals surface area contributed by atoms with Gasteiger partial charge in [-0.15, -0.1) is 0 Å². The highest BCUT2D eigenvalue weighted by Gasteiger charge is 2.21. The number of aryl methyl sites for hydroxylation is 1. The first-order valence-corrected chi connectivity index (χ1v) is 13.4. The fourth-order valence-electron chi connectivity index (χ4n) is 5.41. The molecule has 1 aliphatic heterocycles. The molecule has 1 aliphatic rings. The fraction of sp³-hybridized carbons (Fsp3) is 0.345. The molecule has 0 amide bonds. The van der Waals surface area contributed by atoms with Crippen molar-refractivity contribution in [2.75, 3.05) is 25.0 Å². The summed E-state index contributed by atoms with van der Waals surface area (Å²) in [6.45, 7) is 5.19. The van der Waals surface area contributed by atoms with Crippen LogP contribution in [0.3, 0.4) is 0 Å². The van der Waals surface area contributed by atoms with Crippen LogP contribution in [0.1, 0.15) is 36.1 Å². The Morgan fingerprint density at radius 1 is 1.08 bits per heavy atom. The maximum atomic E-state index is 13.5. The number of anilines is 1. The Bertz CT molecular complexity index is 1660. The molecule has 1 unspecified atom stereocenters. The van der Waals surface area contributed by atoms with Crippen molar-refractivity contribution in [1.82, 2.24) is 33.8 Å². The van der Waals surface area contributed by atoms with E-state index in [2.05, 4.69) is 25.2 Å². The van der Waals surface area contributed by atoms with Gasteiger partial charge in [-0.25, -0.2) is 24.3 Å². The number of halogens is 1. The Morgan fingerprint density at radius 3 is 2.82 bits per heavy atom. The Balaban J connectivity index is 1.14. The molecular formula is C29H31FN8O. The van der Waals surface area contributed by atoms with E-state index in [1.807, 2.05) is 29.7 Å². The van der Waals surface area contributed by atoms with Crippen LogP contribution in [0, 0.1) is 12.7 Å². The highest BCUT2D eigenvalue weighted by Crippen LogP contribution is 2.22. The zero-order valence-corrected chi connectivity index (χ0v) is 21.9. The molecule has 1 atom stereocenters. The summed E-state index contributed by atoms with van der Waals surface area (Å²) >= 11 is 0. The van der Waals surface area contributed by atoms with Crippen molar-refractivity contribution in [3.8, 4) is 0 Å². The first-order chi connectivity index (χ1) is 19.0. The summed E-state index contributed by atoms with van der Waals surface area (Å²) < 4.78 is 17.1. The molecule has 10 heteroatoms. The maximum Gasteiger partial charge on any atom is 0.261 e. The van der Waals surface area contributed by atoms with Crippen LogP contribution in [0.4, 0.5) is 10.3 Å². The lowest BCUT2D eigenvalue weighted by molar-refractivity contribution is 0.287. The summed E-state index contributed by atoms with van der Waals surface area (Å²) in [6.07, 6.45) is 8.72. The molecule has 6 rings (SSSR count). The van der Waals surface area contributed by atoms with Gasteiger partial charge in [0.15, 0.2) is 5.65 Å². The van der Waals surface area contributed by atoms with Crippen LogP contribution in [0.15, 0.2) is 66.0 Å². The van der Waals surface area contributed by atoms with Gasteiger partial charge in [-0.3, -0.25) is 13.8 Å². The van der Waals surface area contributed by atoms with Gasteiger partial charge in [0.2, 0.25) is 5.95 Å². The average molecular weight is 527 g/mol. The van der Waals surface area contributed by atoms with Gasteiger partial charge < -0.3 is 10.2 Å². The minimum Gasteiger partial charge on any atom is -0.353 e. The smallest absolute Gasteiger partial charge is 0.261 e. The number of likely N-dealkylation sites (tertiary alicyclic amines) is 1. The number of hydrogen-bond donors (Lipinski definition) is 1. The first kappa shape index (κ1) is 25.1. The lowest BCUT2D eigenvalue weighted by atomic mass is 10.1. The molecule has 1 N–H and O–H groups in total. The van der Waals surface area contributed by atoms with Crippen LogP contribution in [-0.2, 0) is 13.0 Å². The largest absolute Gasteiger partial charge is 0.353 e. The molecule has 0 radical (unpaired) electrons. The SMILES string of the molecule is Cc1nc2ccccn2c(=O)c1CCN1CCCC(Nc2nc3cncnc3n2Cc2ccc(F)cc2)CC1. The van der Waals surface area contributed by atoms with Crippen LogP contribution in [0.2, 0.25) is 0 Å². The second kappa shape index (κ2) is 10.9. The summed E-state index contributed by atoms with van der Waals surface area (Å²) in [5, 5.41) is 3.66. The average Bonchev–Trinajstić information content (AvgIpc) is 3.11. The van der Waals surface area contributed by atoms with Gasteiger partial charge in [-0.2, -0.15) is 0 Å². The summed E-state index contributed by atoms with van der Waals surface area (Å²) in [4.78, 5) is 33.5. The summed E-state index contributed by atoms with van der Waals surface area (Å²) in [5.41, 5.74) is 4.75. The zero-order chi connectivity index (χ0) is 26.8. The van der Waals surface area contributed by atoms with Crippen molar-refractivity contribution in [2.45, 2.75) is 45.2 Å². The van der Waals surface area contributed by atoms with Crippen LogP contribution in [-0.4, -0.2) is 59.5 Å². The van der Waals surface area contributed by atoms with Crippen LogP contribution < -0.4 is 10.9 Å².